The third-order valence-electron chi connectivity index (χ3n) is 4.79. The Morgan fingerprint density at radius 3 is 2.72 bits per heavy atom. The first-order valence-corrected chi connectivity index (χ1v) is 9.48. The van der Waals surface area contributed by atoms with Gasteiger partial charge in [0.1, 0.15) is 11.4 Å². The molecule has 1 aliphatic carbocycles. The Kier molecular flexibility index (Phi) is 6.12. The van der Waals surface area contributed by atoms with E-state index in [9.17, 15) is 18.8 Å². The normalized spacial score (nSPS) is 17.7. The summed E-state index contributed by atoms with van der Waals surface area (Å²) in [6.07, 6.45) is 2.05. The van der Waals surface area contributed by atoms with Crippen LogP contribution in [0.1, 0.15) is 45.2 Å². The number of nitrogens with zero attached hydrogens (tertiary/aromatic N) is 1. The number of hydrogen-bond acceptors (Lipinski definition) is 4. The van der Waals surface area contributed by atoms with Gasteiger partial charge >= 0.3 is 0 Å². The number of benzene rings is 1. The van der Waals surface area contributed by atoms with Gasteiger partial charge in [-0.1, -0.05) is 17.7 Å². The second-order valence-corrected chi connectivity index (χ2v) is 7.06. The van der Waals surface area contributed by atoms with E-state index in [-0.39, 0.29) is 29.8 Å². The van der Waals surface area contributed by atoms with Crippen LogP contribution in [0, 0.1) is 12.7 Å². The minimum absolute atomic E-state index is 0.0188. The molecule has 154 valence electrons. The number of amides is 2. The molecular weight excluding hydrogens is 377 g/mol. The Labute approximate surface area is 167 Å². The first-order chi connectivity index (χ1) is 13.8. The van der Waals surface area contributed by atoms with Gasteiger partial charge in [0, 0.05) is 25.4 Å². The summed E-state index contributed by atoms with van der Waals surface area (Å²) in [6, 6.07) is 5.75. The average Bonchev–Trinajstić information content (AvgIpc) is 3.43. The van der Waals surface area contributed by atoms with Gasteiger partial charge < -0.3 is 19.9 Å². The number of ether oxygens (including phenoxy) is 1. The zero-order valence-electron chi connectivity index (χ0n) is 16.6. The van der Waals surface area contributed by atoms with E-state index in [0.717, 1.165) is 12.0 Å². The maximum atomic E-state index is 14.2. The lowest BCUT2D eigenvalue weighted by atomic mass is 10.1. The first kappa shape index (κ1) is 20.7. The van der Waals surface area contributed by atoms with Crippen LogP contribution in [-0.4, -0.2) is 42.2 Å². The van der Waals surface area contributed by atoms with E-state index in [1.807, 2.05) is 13.8 Å². The summed E-state index contributed by atoms with van der Waals surface area (Å²) in [7, 11) is 1.40. The Hall–Kier alpha value is -3.00. The molecule has 1 aliphatic rings. The van der Waals surface area contributed by atoms with Gasteiger partial charge in [-0.3, -0.25) is 14.4 Å². The van der Waals surface area contributed by atoms with Crippen molar-refractivity contribution >= 4 is 11.8 Å². The van der Waals surface area contributed by atoms with Crippen LogP contribution in [0.4, 0.5) is 4.39 Å². The maximum absolute atomic E-state index is 14.2. The third kappa shape index (κ3) is 4.71. The molecule has 2 N–H and O–H groups in total. The molecule has 29 heavy (non-hydrogen) atoms. The highest BCUT2D eigenvalue weighted by Crippen LogP contribution is 2.25. The Balaban J connectivity index is 1.94. The number of carbonyl (C=O) groups excluding carboxylic acids is 2. The fourth-order valence-corrected chi connectivity index (χ4v) is 3.16. The number of aryl methyl sites for hydroxylation is 1. The molecule has 1 saturated carbocycles. The molecule has 3 rings (SSSR count). The molecule has 0 spiro atoms. The molecule has 2 atom stereocenters. The van der Waals surface area contributed by atoms with Crippen LogP contribution < -0.4 is 16.2 Å². The molecule has 1 fully saturated rings. The molecule has 1 aromatic carbocycles. The topological polar surface area (TPSA) is 89.4 Å². The predicted octanol–water partition coefficient (Wildman–Crippen LogP) is 1.61. The highest BCUT2D eigenvalue weighted by molar-refractivity contribution is 5.99. The summed E-state index contributed by atoms with van der Waals surface area (Å²) in [4.78, 5) is 37.6. The van der Waals surface area contributed by atoms with Crippen molar-refractivity contribution in [1.29, 1.82) is 0 Å². The fourth-order valence-electron chi connectivity index (χ4n) is 3.16. The van der Waals surface area contributed by atoms with Gasteiger partial charge in [-0.25, -0.2) is 4.39 Å². The van der Waals surface area contributed by atoms with E-state index in [4.69, 9.17) is 4.74 Å². The molecule has 0 radical (unpaired) electrons. The number of pyridine rings is 1. The summed E-state index contributed by atoms with van der Waals surface area (Å²) in [5, 5.41) is 5.23. The number of hydrogen-bond donors (Lipinski definition) is 2. The molecule has 7 nitrogen and oxygen atoms in total. The number of carbonyl (C=O) groups is 2. The Morgan fingerprint density at radius 1 is 1.28 bits per heavy atom. The van der Waals surface area contributed by atoms with Crippen molar-refractivity contribution in [2.75, 3.05) is 13.7 Å². The van der Waals surface area contributed by atoms with E-state index in [2.05, 4.69) is 10.6 Å². The van der Waals surface area contributed by atoms with E-state index >= 15 is 0 Å². The molecule has 2 amide bonds. The van der Waals surface area contributed by atoms with E-state index in [1.54, 1.807) is 12.1 Å². The highest BCUT2D eigenvalue weighted by atomic mass is 19.1. The van der Waals surface area contributed by atoms with Crippen molar-refractivity contribution < 1.29 is 18.7 Å². The zero-order valence-corrected chi connectivity index (χ0v) is 16.6. The molecule has 0 aliphatic heterocycles. The van der Waals surface area contributed by atoms with Crippen molar-refractivity contribution in [1.82, 2.24) is 15.2 Å². The van der Waals surface area contributed by atoms with Crippen LogP contribution in [0.3, 0.4) is 0 Å². The number of rotatable bonds is 7. The number of aromatic nitrogens is 1. The second-order valence-electron chi connectivity index (χ2n) is 7.06. The monoisotopic (exact) mass is 401 g/mol. The predicted molar refractivity (Wildman–Crippen MR) is 106 cm³/mol. The lowest BCUT2D eigenvalue weighted by Gasteiger charge is -2.13. The van der Waals surface area contributed by atoms with Crippen LogP contribution in [0.5, 0.6) is 0 Å². The molecule has 1 heterocycles. The third-order valence-corrected chi connectivity index (χ3v) is 4.79. The standard InChI is InChI=1S/C21H24FN3O4/c1-4-29-18-9-17(18)24-19(26)14-8-15(20(27)23-3)21(28)25(11-14)10-13-7-12(2)5-6-16(13)22/h5-8,11,17-18H,4,9-10H2,1-3H3,(H,23,27)(H,24,26)/t17-,18-/m1/s1. The van der Waals surface area contributed by atoms with Crippen LogP contribution in [0.2, 0.25) is 0 Å². The van der Waals surface area contributed by atoms with E-state index in [1.165, 1.54) is 29.9 Å². The van der Waals surface area contributed by atoms with Crippen molar-refractivity contribution in [3.05, 3.63) is 68.9 Å². The van der Waals surface area contributed by atoms with Gasteiger partial charge in [0.2, 0.25) is 0 Å². The quantitative estimate of drug-likeness (QED) is 0.738. The van der Waals surface area contributed by atoms with Crippen LogP contribution in [0.25, 0.3) is 0 Å². The smallest absolute Gasteiger partial charge is 0.263 e. The molecule has 0 saturated heterocycles. The molecule has 2 aromatic rings. The van der Waals surface area contributed by atoms with Crippen molar-refractivity contribution in [3.8, 4) is 0 Å². The summed E-state index contributed by atoms with van der Waals surface area (Å²) in [5.41, 5.74) is 0.515. The van der Waals surface area contributed by atoms with Gasteiger partial charge in [-0.15, -0.1) is 0 Å². The summed E-state index contributed by atoms with van der Waals surface area (Å²) < 4.78 is 20.8. The van der Waals surface area contributed by atoms with E-state index in [0.29, 0.717) is 12.2 Å². The zero-order chi connectivity index (χ0) is 21.1. The first-order valence-electron chi connectivity index (χ1n) is 9.48. The van der Waals surface area contributed by atoms with Gasteiger partial charge in [0.05, 0.1) is 24.3 Å². The van der Waals surface area contributed by atoms with Crippen LogP contribution >= 0.6 is 0 Å². The Bertz CT molecular complexity index is 1000. The SMILES string of the molecule is CCO[C@@H]1C[C@H]1NC(=O)c1cc(C(=O)NC)c(=O)n(Cc2cc(C)ccc2F)c1. The van der Waals surface area contributed by atoms with Gasteiger partial charge in [-0.2, -0.15) is 0 Å². The number of nitrogens with one attached hydrogen (secondary N) is 2. The van der Waals surface area contributed by atoms with Gasteiger partial charge in [0.15, 0.2) is 0 Å². The molecule has 8 heteroatoms. The van der Waals surface area contributed by atoms with E-state index < -0.39 is 23.2 Å². The van der Waals surface area contributed by atoms with Crippen LogP contribution in [0.15, 0.2) is 35.3 Å². The average molecular weight is 401 g/mol. The lowest BCUT2D eigenvalue weighted by Crippen LogP contribution is -2.35. The summed E-state index contributed by atoms with van der Waals surface area (Å²) >= 11 is 0. The fraction of sp³-hybridized carbons (Fsp3) is 0.381. The second kappa shape index (κ2) is 8.57. The van der Waals surface area contributed by atoms with Crippen molar-refractivity contribution in [3.63, 3.8) is 0 Å². The van der Waals surface area contributed by atoms with Gasteiger partial charge in [0.25, 0.3) is 17.4 Å². The van der Waals surface area contributed by atoms with Crippen molar-refractivity contribution in [2.24, 2.45) is 0 Å². The molecule has 1 aromatic heterocycles. The minimum atomic E-state index is -0.610. The lowest BCUT2D eigenvalue weighted by molar-refractivity contribution is 0.0914. The summed E-state index contributed by atoms with van der Waals surface area (Å²) in [5.74, 6) is -1.49. The van der Waals surface area contributed by atoms with Crippen LogP contribution in [-0.2, 0) is 11.3 Å². The molecule has 0 unspecified atom stereocenters. The molecular formula is C21H24FN3O4. The summed E-state index contributed by atoms with van der Waals surface area (Å²) in [6.45, 7) is 4.16. The number of halogens is 1. The minimum Gasteiger partial charge on any atom is -0.376 e. The largest absolute Gasteiger partial charge is 0.376 e. The van der Waals surface area contributed by atoms with Crippen molar-refractivity contribution in [2.45, 2.75) is 39.0 Å². The molecule has 0 bridgehead atoms. The maximum Gasteiger partial charge on any atom is 0.263 e. The highest BCUT2D eigenvalue weighted by Gasteiger charge is 2.39. The Morgan fingerprint density at radius 2 is 2.03 bits per heavy atom. The van der Waals surface area contributed by atoms with Gasteiger partial charge in [-0.05, 0) is 32.4 Å².